The number of aromatic nitrogens is 2. The number of sulfone groups is 1. The summed E-state index contributed by atoms with van der Waals surface area (Å²) in [5.41, 5.74) is -0.370. The second-order valence-electron chi connectivity index (χ2n) is 5.88. The number of ketones is 1. The molecule has 26 heavy (non-hydrogen) atoms. The number of Topliss-reactive ketones (excluding diaryl/α,β-unsaturated/α-hetero) is 1. The molecular weight excluding hydrogens is 416 g/mol. The monoisotopic (exact) mass is 426 g/mol. The average molecular weight is 427 g/mol. The van der Waals surface area contributed by atoms with Crippen LogP contribution in [-0.4, -0.2) is 35.7 Å². The predicted octanol–water partition coefficient (Wildman–Crippen LogP) is 3.97. The lowest BCUT2D eigenvalue weighted by Gasteiger charge is -2.07. The first-order valence-electron chi connectivity index (χ1n) is 7.31. The molecule has 1 aliphatic carbocycles. The van der Waals surface area contributed by atoms with E-state index in [9.17, 15) is 26.4 Å². The van der Waals surface area contributed by atoms with Crippen molar-refractivity contribution in [1.82, 2.24) is 9.55 Å². The predicted molar refractivity (Wildman–Crippen MR) is 88.3 cm³/mol. The number of nitrogens with zero attached hydrogens (tertiary/aromatic N) is 2. The number of alkyl halides is 3. The van der Waals surface area contributed by atoms with E-state index < -0.39 is 39.5 Å². The zero-order chi connectivity index (χ0) is 19.3. The standard InChI is InChI=1S/C15H11Cl2F3N2O3S/c16-8-2-1-3-9(4-8)26(24,25)6-12(23)13-14(17)22(7-21-13)11-5-10(11)15(18,19)20/h1-4,7,10-11H,5-6H2. The van der Waals surface area contributed by atoms with E-state index in [1.807, 2.05) is 0 Å². The number of halogens is 5. The van der Waals surface area contributed by atoms with Crippen LogP contribution < -0.4 is 0 Å². The summed E-state index contributed by atoms with van der Waals surface area (Å²) in [5.74, 6) is -3.37. The fourth-order valence-electron chi connectivity index (χ4n) is 2.59. The molecule has 1 aromatic heterocycles. The first-order valence-corrected chi connectivity index (χ1v) is 9.72. The van der Waals surface area contributed by atoms with E-state index in [0.717, 1.165) is 10.9 Å². The summed E-state index contributed by atoms with van der Waals surface area (Å²) in [5, 5.41) is -0.110. The van der Waals surface area contributed by atoms with Gasteiger partial charge in [0.05, 0.1) is 17.1 Å². The van der Waals surface area contributed by atoms with Gasteiger partial charge in [-0.15, -0.1) is 0 Å². The van der Waals surface area contributed by atoms with Crippen molar-refractivity contribution in [2.75, 3.05) is 5.75 Å². The molecule has 1 saturated carbocycles. The summed E-state index contributed by atoms with van der Waals surface area (Å²) in [4.78, 5) is 15.8. The lowest BCUT2D eigenvalue weighted by Crippen LogP contribution is -2.17. The molecular formula is C15H11Cl2F3N2O3S. The molecule has 1 fully saturated rings. The molecule has 0 radical (unpaired) electrons. The van der Waals surface area contributed by atoms with Gasteiger partial charge in [-0.25, -0.2) is 13.4 Å². The first kappa shape index (κ1) is 19.2. The second-order valence-corrected chi connectivity index (χ2v) is 8.67. The molecule has 140 valence electrons. The fourth-order valence-corrected chi connectivity index (χ4v) is 4.41. The summed E-state index contributed by atoms with van der Waals surface area (Å²) < 4.78 is 63.7. The van der Waals surface area contributed by atoms with Crippen molar-refractivity contribution < 1.29 is 26.4 Å². The number of rotatable bonds is 5. The van der Waals surface area contributed by atoms with Gasteiger partial charge in [-0.05, 0) is 24.6 Å². The maximum atomic E-state index is 12.7. The highest BCUT2D eigenvalue weighted by Gasteiger charge is 2.57. The molecule has 5 nitrogen and oxygen atoms in total. The zero-order valence-corrected chi connectivity index (χ0v) is 15.2. The van der Waals surface area contributed by atoms with Crippen LogP contribution in [0.5, 0.6) is 0 Å². The third kappa shape index (κ3) is 3.74. The van der Waals surface area contributed by atoms with Crippen LogP contribution in [0.1, 0.15) is 23.0 Å². The number of hydrogen-bond donors (Lipinski definition) is 0. The minimum atomic E-state index is -4.36. The number of hydrogen-bond acceptors (Lipinski definition) is 4. The van der Waals surface area contributed by atoms with Gasteiger partial charge in [-0.3, -0.25) is 4.79 Å². The molecule has 1 aliphatic rings. The van der Waals surface area contributed by atoms with Crippen molar-refractivity contribution in [3.8, 4) is 0 Å². The second kappa shape index (κ2) is 6.54. The Morgan fingerprint density at radius 1 is 1.31 bits per heavy atom. The van der Waals surface area contributed by atoms with Crippen molar-refractivity contribution in [2.45, 2.75) is 23.5 Å². The molecule has 2 unspecified atom stereocenters. The number of carbonyl (C=O) groups excluding carboxylic acids is 1. The summed E-state index contributed by atoms with van der Waals surface area (Å²) in [7, 11) is -4.00. The van der Waals surface area contributed by atoms with Gasteiger partial charge in [-0.2, -0.15) is 13.2 Å². The highest BCUT2D eigenvalue weighted by Crippen LogP contribution is 2.54. The lowest BCUT2D eigenvalue weighted by molar-refractivity contribution is -0.150. The summed E-state index contributed by atoms with van der Waals surface area (Å²) in [6, 6.07) is 4.45. The normalized spacial score (nSPS) is 20.2. The van der Waals surface area contributed by atoms with Gasteiger partial charge in [0, 0.05) is 11.1 Å². The Morgan fingerprint density at radius 3 is 2.58 bits per heavy atom. The highest BCUT2D eigenvalue weighted by molar-refractivity contribution is 7.92. The maximum absolute atomic E-state index is 12.7. The first-order chi connectivity index (χ1) is 12.0. The third-order valence-electron chi connectivity index (χ3n) is 4.01. The molecule has 1 heterocycles. The molecule has 0 spiro atoms. The van der Waals surface area contributed by atoms with Gasteiger partial charge in [0.2, 0.25) is 0 Å². The van der Waals surface area contributed by atoms with E-state index in [-0.39, 0.29) is 27.2 Å². The molecule has 11 heteroatoms. The number of benzene rings is 1. The molecule has 0 amide bonds. The van der Waals surface area contributed by atoms with Crippen LogP contribution in [0.15, 0.2) is 35.5 Å². The molecule has 0 aliphatic heterocycles. The zero-order valence-electron chi connectivity index (χ0n) is 12.9. The lowest BCUT2D eigenvalue weighted by atomic mass is 10.3. The van der Waals surface area contributed by atoms with Crippen LogP contribution in [0, 0.1) is 5.92 Å². The summed E-state index contributed by atoms with van der Waals surface area (Å²) in [6.07, 6.45) is -3.50. The van der Waals surface area contributed by atoms with Crippen molar-refractivity contribution >= 4 is 38.8 Å². The molecule has 1 aromatic carbocycles. The molecule has 0 N–H and O–H groups in total. The Labute approximate surface area is 156 Å². The topological polar surface area (TPSA) is 69.0 Å². The molecule has 0 saturated heterocycles. The molecule has 3 rings (SSSR count). The van der Waals surface area contributed by atoms with Crippen LogP contribution >= 0.6 is 23.2 Å². The Morgan fingerprint density at radius 2 is 2.00 bits per heavy atom. The van der Waals surface area contributed by atoms with Crippen molar-refractivity contribution in [3.63, 3.8) is 0 Å². The van der Waals surface area contributed by atoms with Crippen LogP contribution in [0.4, 0.5) is 13.2 Å². The van der Waals surface area contributed by atoms with Gasteiger partial charge in [0.15, 0.2) is 15.6 Å². The van der Waals surface area contributed by atoms with Crippen LogP contribution in [0.2, 0.25) is 10.2 Å². The van der Waals surface area contributed by atoms with Crippen molar-refractivity contribution in [3.05, 3.63) is 46.5 Å². The Kier molecular flexibility index (Phi) is 4.83. The Bertz CT molecular complexity index is 973. The fraction of sp³-hybridized carbons (Fsp3) is 0.333. The van der Waals surface area contributed by atoms with Crippen molar-refractivity contribution in [2.24, 2.45) is 5.92 Å². The molecule has 2 atom stereocenters. The third-order valence-corrected chi connectivity index (χ3v) is 6.23. The maximum Gasteiger partial charge on any atom is 0.393 e. The van der Waals surface area contributed by atoms with Crippen LogP contribution in [0.25, 0.3) is 0 Å². The SMILES string of the molecule is O=C(CS(=O)(=O)c1cccc(Cl)c1)c1ncn(C2CC2C(F)(F)F)c1Cl. The summed E-state index contributed by atoms with van der Waals surface area (Å²) >= 11 is 11.7. The van der Waals surface area contributed by atoms with Gasteiger partial charge in [-0.1, -0.05) is 29.3 Å². The van der Waals surface area contributed by atoms with E-state index in [2.05, 4.69) is 4.98 Å². The summed E-state index contributed by atoms with van der Waals surface area (Å²) in [6.45, 7) is 0. The quantitative estimate of drug-likeness (QED) is 0.678. The molecule has 2 aromatic rings. The van der Waals surface area contributed by atoms with Gasteiger partial charge in [0.25, 0.3) is 0 Å². The smallest absolute Gasteiger partial charge is 0.317 e. The number of carbonyl (C=O) groups is 1. The average Bonchev–Trinajstić information content (AvgIpc) is 3.23. The van der Waals surface area contributed by atoms with Crippen LogP contribution in [0.3, 0.4) is 0 Å². The Balaban J connectivity index is 1.80. The van der Waals surface area contributed by atoms with Gasteiger partial charge in [0.1, 0.15) is 16.6 Å². The Hall–Kier alpha value is -1.58. The van der Waals surface area contributed by atoms with Crippen LogP contribution in [-0.2, 0) is 9.84 Å². The van der Waals surface area contributed by atoms with E-state index in [1.165, 1.54) is 24.3 Å². The highest BCUT2D eigenvalue weighted by atomic mass is 35.5. The van der Waals surface area contributed by atoms with Gasteiger partial charge < -0.3 is 4.57 Å². The molecule has 0 bridgehead atoms. The number of imidazole rings is 1. The largest absolute Gasteiger partial charge is 0.393 e. The van der Waals surface area contributed by atoms with E-state index in [1.54, 1.807) is 0 Å². The van der Waals surface area contributed by atoms with Gasteiger partial charge >= 0.3 is 6.18 Å². The van der Waals surface area contributed by atoms with E-state index >= 15 is 0 Å². The van der Waals surface area contributed by atoms with Crippen molar-refractivity contribution in [1.29, 1.82) is 0 Å². The van der Waals surface area contributed by atoms with E-state index in [4.69, 9.17) is 23.2 Å². The van der Waals surface area contributed by atoms with E-state index in [0.29, 0.717) is 0 Å². The minimum absolute atomic E-state index is 0.145. The minimum Gasteiger partial charge on any atom is -0.317 e.